The minimum atomic E-state index is -0.400. The van der Waals surface area contributed by atoms with Gasteiger partial charge in [-0.1, -0.05) is 6.07 Å². The second-order valence-corrected chi connectivity index (χ2v) is 8.87. The van der Waals surface area contributed by atoms with Crippen LogP contribution in [0.4, 0.5) is 11.4 Å². The van der Waals surface area contributed by atoms with Crippen molar-refractivity contribution in [3.05, 3.63) is 24.3 Å². The Balaban J connectivity index is 1.38. The van der Waals surface area contributed by atoms with Crippen molar-refractivity contribution in [3.8, 4) is 0 Å². The molecule has 0 unspecified atom stereocenters. The van der Waals surface area contributed by atoms with Gasteiger partial charge < -0.3 is 15.1 Å². The maximum atomic E-state index is 13.1. The van der Waals surface area contributed by atoms with Crippen LogP contribution in [0.15, 0.2) is 24.3 Å². The zero-order valence-corrected chi connectivity index (χ0v) is 18.1. The van der Waals surface area contributed by atoms with Gasteiger partial charge >= 0.3 is 0 Å². The van der Waals surface area contributed by atoms with Gasteiger partial charge in [-0.2, -0.15) is 0 Å². The third-order valence-electron chi connectivity index (χ3n) is 6.71. The van der Waals surface area contributed by atoms with Gasteiger partial charge in [0, 0.05) is 44.5 Å². The molecule has 3 aliphatic heterocycles. The largest absolute Gasteiger partial charge is 0.342 e. The van der Waals surface area contributed by atoms with Crippen LogP contribution in [0, 0.1) is 5.92 Å². The standard InChI is InChI=1S/C23H30N4O4/c1-16(28)24-18-6-5-7-19(14-18)27-21(29)15-20(23(27)31)25-12-8-17(9-13-25)22(30)26-10-3-2-4-11-26/h5-7,14,17,20H,2-4,8-13,15H2,1H3,(H,24,28)/p+1/t20-/m1/s1. The van der Waals surface area contributed by atoms with Crippen molar-refractivity contribution in [1.82, 2.24) is 4.90 Å². The third kappa shape index (κ3) is 4.63. The summed E-state index contributed by atoms with van der Waals surface area (Å²) in [7, 11) is 0. The number of anilines is 2. The Bertz CT molecular complexity index is 872. The van der Waals surface area contributed by atoms with Crippen LogP contribution in [0.2, 0.25) is 0 Å². The molecule has 0 spiro atoms. The number of carbonyl (C=O) groups excluding carboxylic acids is 4. The molecule has 4 rings (SSSR count). The molecule has 0 radical (unpaired) electrons. The Kier molecular flexibility index (Phi) is 6.36. The fourth-order valence-electron chi connectivity index (χ4n) is 5.10. The van der Waals surface area contributed by atoms with Gasteiger partial charge in [0.1, 0.15) is 0 Å². The Morgan fingerprint density at radius 3 is 2.45 bits per heavy atom. The fourth-order valence-corrected chi connectivity index (χ4v) is 5.10. The maximum Gasteiger partial charge on any atom is 0.292 e. The van der Waals surface area contributed by atoms with Crippen molar-refractivity contribution in [3.63, 3.8) is 0 Å². The number of hydrogen-bond donors (Lipinski definition) is 2. The number of likely N-dealkylation sites (tertiary alicyclic amines) is 2. The van der Waals surface area contributed by atoms with Crippen LogP contribution in [0.5, 0.6) is 0 Å². The predicted octanol–water partition coefficient (Wildman–Crippen LogP) is 0.584. The van der Waals surface area contributed by atoms with Gasteiger partial charge in [-0.15, -0.1) is 0 Å². The molecule has 3 heterocycles. The van der Waals surface area contributed by atoms with E-state index in [1.165, 1.54) is 18.2 Å². The van der Waals surface area contributed by atoms with Crippen molar-refractivity contribution < 1.29 is 24.1 Å². The van der Waals surface area contributed by atoms with E-state index in [0.29, 0.717) is 11.4 Å². The molecular formula is C23H31N4O4+. The van der Waals surface area contributed by atoms with Crippen molar-refractivity contribution >= 4 is 35.0 Å². The number of rotatable bonds is 4. The lowest BCUT2D eigenvalue weighted by Gasteiger charge is -2.35. The van der Waals surface area contributed by atoms with E-state index in [9.17, 15) is 19.2 Å². The summed E-state index contributed by atoms with van der Waals surface area (Å²) < 4.78 is 0. The summed E-state index contributed by atoms with van der Waals surface area (Å²) in [5.41, 5.74) is 1.04. The van der Waals surface area contributed by atoms with E-state index in [4.69, 9.17) is 0 Å². The second-order valence-electron chi connectivity index (χ2n) is 8.87. The lowest BCUT2D eigenvalue weighted by Crippen LogP contribution is -3.17. The van der Waals surface area contributed by atoms with E-state index in [0.717, 1.165) is 56.8 Å². The first-order chi connectivity index (χ1) is 14.9. The van der Waals surface area contributed by atoms with Crippen molar-refractivity contribution in [2.45, 2.75) is 51.5 Å². The Morgan fingerprint density at radius 2 is 1.77 bits per heavy atom. The SMILES string of the molecule is CC(=O)Nc1cccc(N2C(=O)C[C@@H]([NH+]3CCC(C(=O)N4CCCCC4)CC3)C2=O)c1. The van der Waals surface area contributed by atoms with Crippen LogP contribution in [0.3, 0.4) is 0 Å². The molecule has 3 saturated heterocycles. The summed E-state index contributed by atoms with van der Waals surface area (Å²) in [4.78, 5) is 54.3. The first kappa shape index (κ1) is 21.5. The lowest BCUT2D eigenvalue weighted by molar-refractivity contribution is -0.920. The predicted molar refractivity (Wildman–Crippen MR) is 115 cm³/mol. The summed E-state index contributed by atoms with van der Waals surface area (Å²) >= 11 is 0. The minimum absolute atomic E-state index is 0.0412. The van der Waals surface area contributed by atoms with E-state index >= 15 is 0 Å². The molecule has 8 heteroatoms. The number of nitrogens with zero attached hydrogens (tertiary/aromatic N) is 2. The number of amides is 4. The second kappa shape index (κ2) is 9.18. The molecule has 1 aromatic rings. The van der Waals surface area contributed by atoms with Crippen LogP contribution in [-0.4, -0.2) is 60.7 Å². The van der Waals surface area contributed by atoms with Crippen LogP contribution in [-0.2, 0) is 19.2 Å². The van der Waals surface area contributed by atoms with E-state index in [-0.39, 0.29) is 36.0 Å². The first-order valence-electron chi connectivity index (χ1n) is 11.3. The number of imide groups is 1. The van der Waals surface area contributed by atoms with Gasteiger partial charge in [-0.3, -0.25) is 19.2 Å². The zero-order valence-electron chi connectivity index (χ0n) is 18.1. The highest BCUT2D eigenvalue weighted by Gasteiger charge is 2.47. The number of hydrogen-bond acceptors (Lipinski definition) is 4. The molecule has 3 aliphatic rings. The molecule has 1 aromatic carbocycles. The van der Waals surface area contributed by atoms with Gasteiger partial charge in [0.2, 0.25) is 17.7 Å². The lowest BCUT2D eigenvalue weighted by atomic mass is 9.93. The quantitative estimate of drug-likeness (QED) is 0.688. The van der Waals surface area contributed by atoms with E-state index in [1.54, 1.807) is 24.3 Å². The summed E-state index contributed by atoms with van der Waals surface area (Å²) in [5, 5.41) is 2.69. The molecule has 4 amide bonds. The average molecular weight is 428 g/mol. The Labute approximate surface area is 182 Å². The van der Waals surface area contributed by atoms with E-state index < -0.39 is 6.04 Å². The average Bonchev–Trinajstić information content (AvgIpc) is 3.07. The highest BCUT2D eigenvalue weighted by atomic mass is 16.2. The van der Waals surface area contributed by atoms with Gasteiger partial charge in [0.25, 0.3) is 5.91 Å². The van der Waals surface area contributed by atoms with Gasteiger partial charge in [-0.25, -0.2) is 4.90 Å². The smallest absolute Gasteiger partial charge is 0.292 e. The molecule has 0 aliphatic carbocycles. The molecule has 3 fully saturated rings. The highest BCUT2D eigenvalue weighted by molar-refractivity contribution is 6.22. The Morgan fingerprint density at radius 1 is 1.06 bits per heavy atom. The number of carbonyl (C=O) groups is 4. The van der Waals surface area contributed by atoms with Crippen molar-refractivity contribution in [2.24, 2.45) is 5.92 Å². The van der Waals surface area contributed by atoms with Crippen LogP contribution < -0.4 is 15.1 Å². The molecule has 0 saturated carbocycles. The highest BCUT2D eigenvalue weighted by Crippen LogP contribution is 2.25. The topological polar surface area (TPSA) is 91.2 Å². The van der Waals surface area contributed by atoms with Gasteiger partial charge in [-0.05, 0) is 37.5 Å². The third-order valence-corrected chi connectivity index (χ3v) is 6.71. The molecule has 0 aromatic heterocycles. The number of benzene rings is 1. The van der Waals surface area contributed by atoms with Gasteiger partial charge in [0.15, 0.2) is 6.04 Å². The Hall–Kier alpha value is -2.74. The van der Waals surface area contributed by atoms with Crippen LogP contribution in [0.1, 0.15) is 45.4 Å². The zero-order chi connectivity index (χ0) is 22.0. The molecule has 31 heavy (non-hydrogen) atoms. The van der Waals surface area contributed by atoms with Crippen molar-refractivity contribution in [1.29, 1.82) is 0 Å². The van der Waals surface area contributed by atoms with Crippen LogP contribution >= 0.6 is 0 Å². The van der Waals surface area contributed by atoms with Crippen molar-refractivity contribution in [2.75, 3.05) is 36.4 Å². The number of piperidine rings is 2. The first-order valence-corrected chi connectivity index (χ1v) is 11.3. The summed E-state index contributed by atoms with van der Waals surface area (Å²) in [5.74, 6) is -0.307. The number of nitrogens with one attached hydrogen (secondary N) is 2. The number of quaternary nitrogens is 1. The maximum absolute atomic E-state index is 13.1. The molecule has 2 N–H and O–H groups in total. The van der Waals surface area contributed by atoms with Crippen LogP contribution in [0.25, 0.3) is 0 Å². The van der Waals surface area contributed by atoms with E-state index in [1.807, 2.05) is 4.90 Å². The molecule has 1 atom stereocenters. The van der Waals surface area contributed by atoms with E-state index in [2.05, 4.69) is 5.32 Å². The molecule has 8 nitrogen and oxygen atoms in total. The molecule has 166 valence electrons. The summed E-state index contributed by atoms with van der Waals surface area (Å²) in [6.07, 6.45) is 5.10. The fraction of sp³-hybridized carbons (Fsp3) is 0.565. The summed E-state index contributed by atoms with van der Waals surface area (Å²) in [6.45, 7) is 4.61. The summed E-state index contributed by atoms with van der Waals surface area (Å²) in [6, 6.07) is 6.41. The van der Waals surface area contributed by atoms with Gasteiger partial charge in [0.05, 0.1) is 25.2 Å². The monoisotopic (exact) mass is 427 g/mol. The molecular weight excluding hydrogens is 396 g/mol. The molecule has 0 bridgehead atoms. The minimum Gasteiger partial charge on any atom is -0.342 e. The normalized spacial score (nSPS) is 26.8.